The lowest BCUT2D eigenvalue weighted by Crippen LogP contribution is -2.24. The van der Waals surface area contributed by atoms with E-state index in [1.54, 1.807) is 0 Å². The van der Waals surface area contributed by atoms with E-state index in [0.717, 1.165) is 0 Å². The molecule has 13 heteroatoms. The summed E-state index contributed by atoms with van der Waals surface area (Å²) in [6.07, 6.45) is 0. The Bertz CT molecular complexity index is 526. The van der Waals surface area contributed by atoms with Crippen molar-refractivity contribution in [2.75, 3.05) is 0 Å². The molecule has 0 rings (SSSR count). The molecule has 0 bridgehead atoms. The molecule has 0 aromatic carbocycles. The summed E-state index contributed by atoms with van der Waals surface area (Å²) >= 11 is 0. The zero-order valence-electron chi connectivity index (χ0n) is 5.89. The second-order valence-electron chi connectivity index (χ2n) is 1.64. The van der Waals surface area contributed by atoms with Gasteiger partial charge in [-0.1, -0.05) is 0 Å². The number of hydrogen-bond donors (Lipinski definition) is 2. The van der Waals surface area contributed by atoms with E-state index in [1.165, 1.54) is 0 Å². The average molecular weight is 270 g/mol. The summed E-state index contributed by atoms with van der Waals surface area (Å²) in [4.78, 5) is 10.1. The van der Waals surface area contributed by atoms with Gasteiger partial charge in [-0.15, -0.1) is 0 Å². The molecule has 0 aliphatic carbocycles. The third-order valence-electron chi connectivity index (χ3n) is 0.639. The van der Waals surface area contributed by atoms with Crippen LogP contribution in [0.5, 0.6) is 0 Å². The minimum absolute atomic E-state index is 2.74. The Morgan fingerprint density at radius 2 is 1.29 bits per heavy atom. The molecule has 0 unspecified atom stereocenters. The first kappa shape index (κ1) is 13.2. The number of carbonyl (C=O) groups excluding carboxylic acids is 1. The summed E-state index contributed by atoms with van der Waals surface area (Å²) in [5.74, 6) is 0. The minimum Gasteiger partial charge on any atom is -0.318 e. The smallest absolute Gasteiger partial charge is 0.318 e. The predicted molar refractivity (Wildman–Crippen MR) is 38.5 cm³/mol. The first-order valence-electron chi connectivity index (χ1n) is 2.31. The second kappa shape index (κ2) is 3.43. The van der Waals surface area contributed by atoms with Crippen LogP contribution in [0.4, 0.5) is 4.79 Å². The molecule has 0 spiro atoms. The maximum Gasteiger partial charge on any atom is 0.467 e. The Labute approximate surface area is 77.5 Å². The van der Waals surface area contributed by atoms with Gasteiger partial charge in [-0.2, -0.15) is 25.3 Å². The fourth-order valence-electron chi connectivity index (χ4n) is 0.169. The third-order valence-corrected chi connectivity index (χ3v) is 3.87. The summed E-state index contributed by atoms with van der Waals surface area (Å²) in [5.41, 5.74) is 0. The molecule has 2 N–H and O–H groups in total. The van der Waals surface area contributed by atoms with Crippen molar-refractivity contribution in [1.82, 2.24) is 0 Å². The molecule has 10 nitrogen and oxygen atoms in total. The molecule has 14 heavy (non-hydrogen) atoms. The molecular weight excluding hydrogens is 268 g/mol. The van der Waals surface area contributed by atoms with Crippen LogP contribution in [0.2, 0.25) is 0 Å². The molecule has 0 aliphatic rings. The van der Waals surface area contributed by atoms with E-state index < -0.39 is 33.7 Å². The third kappa shape index (κ3) is 3.18. The van der Waals surface area contributed by atoms with Gasteiger partial charge in [0.25, 0.3) is 0 Å². The maximum atomic E-state index is 10.3. The van der Waals surface area contributed by atoms with E-state index in [0.29, 0.717) is 0 Å². The zero-order valence-corrected chi connectivity index (χ0v) is 8.33. The molecular formula is CH2O10S3. The van der Waals surface area contributed by atoms with E-state index in [4.69, 9.17) is 9.11 Å². The van der Waals surface area contributed by atoms with Crippen molar-refractivity contribution in [2.45, 2.75) is 0 Å². The highest BCUT2D eigenvalue weighted by molar-refractivity contribution is 8.63. The number of rotatable bonds is 2. The van der Waals surface area contributed by atoms with E-state index in [9.17, 15) is 30.0 Å². The highest BCUT2D eigenvalue weighted by Crippen LogP contribution is 2.05. The highest BCUT2D eigenvalue weighted by atomic mass is 33.2. The van der Waals surface area contributed by atoms with Crippen molar-refractivity contribution in [3.05, 3.63) is 0 Å². The van der Waals surface area contributed by atoms with Gasteiger partial charge < -0.3 is 4.18 Å². The van der Waals surface area contributed by atoms with Crippen LogP contribution in [0.1, 0.15) is 0 Å². The van der Waals surface area contributed by atoms with Crippen LogP contribution in [0.25, 0.3) is 0 Å². The lowest BCUT2D eigenvalue weighted by molar-refractivity contribution is 0.223. The van der Waals surface area contributed by atoms with Crippen LogP contribution < -0.4 is 0 Å². The zero-order chi connectivity index (χ0) is 11.8. The molecule has 0 aromatic rings. The van der Waals surface area contributed by atoms with Gasteiger partial charge in [0.05, 0.1) is 0 Å². The molecule has 0 atom stereocenters. The van der Waals surface area contributed by atoms with E-state index in [-0.39, 0.29) is 0 Å². The molecule has 84 valence electrons. The molecule has 0 heterocycles. The van der Waals surface area contributed by atoms with Crippen LogP contribution in [0, 0.1) is 0 Å². The molecule has 0 amide bonds. The van der Waals surface area contributed by atoms with Crippen LogP contribution >= 0.6 is 0 Å². The van der Waals surface area contributed by atoms with Gasteiger partial charge in [-0.25, -0.2) is 4.79 Å². The second-order valence-corrected chi connectivity index (χ2v) is 7.25. The van der Waals surface area contributed by atoms with Gasteiger partial charge in [0.2, 0.25) is 0 Å². The Balaban J connectivity index is 5.22. The first-order valence-corrected chi connectivity index (χ1v) is 7.12. The lowest BCUT2D eigenvalue weighted by Gasteiger charge is -1.98. The molecule has 0 aromatic heterocycles. The molecule has 0 fully saturated rings. The molecule has 0 aliphatic heterocycles. The molecule has 0 saturated heterocycles. The summed E-state index contributed by atoms with van der Waals surface area (Å²) in [5, 5.41) is -2.74. The first-order chi connectivity index (χ1) is 5.88. The Kier molecular flexibility index (Phi) is 3.24. The van der Waals surface area contributed by atoms with Gasteiger partial charge >= 0.3 is 33.7 Å². The topological polar surface area (TPSA) is 169 Å². The number of hydrogen-bond acceptors (Lipinski definition) is 8. The lowest BCUT2D eigenvalue weighted by atomic mass is 11.6. The Morgan fingerprint density at radius 3 is 1.50 bits per heavy atom. The van der Waals surface area contributed by atoms with Crippen LogP contribution in [0.15, 0.2) is 0 Å². The van der Waals surface area contributed by atoms with Gasteiger partial charge in [0, 0.05) is 0 Å². The minimum atomic E-state index is -5.84. The van der Waals surface area contributed by atoms with Gasteiger partial charge in [-0.3, -0.25) is 9.11 Å². The Hall–Kier alpha value is -0.760. The van der Waals surface area contributed by atoms with E-state index in [1.807, 2.05) is 0 Å². The number of carbonyl (C=O) groups is 1. The predicted octanol–water partition coefficient (Wildman–Crippen LogP) is -1.86. The van der Waals surface area contributed by atoms with Crippen molar-refractivity contribution >= 4 is 33.7 Å². The van der Waals surface area contributed by atoms with E-state index in [2.05, 4.69) is 4.18 Å². The van der Waals surface area contributed by atoms with Crippen LogP contribution in [-0.2, 0) is 32.6 Å². The van der Waals surface area contributed by atoms with Crippen LogP contribution in [-0.4, -0.2) is 39.7 Å². The molecule has 0 saturated carbocycles. The highest BCUT2D eigenvalue weighted by Gasteiger charge is 2.36. The summed E-state index contributed by atoms with van der Waals surface area (Å²) in [7, 11) is -17.2. The quantitative estimate of drug-likeness (QED) is 0.428. The fourth-order valence-corrected chi connectivity index (χ4v) is 1.61. The van der Waals surface area contributed by atoms with Gasteiger partial charge in [0.1, 0.15) is 0 Å². The summed E-state index contributed by atoms with van der Waals surface area (Å²) < 4.78 is 78.7. The van der Waals surface area contributed by atoms with Crippen molar-refractivity contribution in [3.8, 4) is 0 Å². The molecule has 0 radical (unpaired) electrons. The summed E-state index contributed by atoms with van der Waals surface area (Å²) in [6.45, 7) is 0. The largest absolute Gasteiger partial charge is 0.467 e. The van der Waals surface area contributed by atoms with Crippen molar-refractivity contribution in [1.29, 1.82) is 0 Å². The Morgan fingerprint density at radius 1 is 0.929 bits per heavy atom. The van der Waals surface area contributed by atoms with Gasteiger partial charge in [-0.05, 0) is 0 Å². The van der Waals surface area contributed by atoms with Crippen molar-refractivity contribution in [3.63, 3.8) is 0 Å². The summed E-state index contributed by atoms with van der Waals surface area (Å²) in [6, 6.07) is 0. The van der Waals surface area contributed by atoms with Gasteiger partial charge in [0.15, 0.2) is 0 Å². The van der Waals surface area contributed by atoms with Crippen LogP contribution in [0.3, 0.4) is 0 Å². The standard InChI is InChI=1S/CH2O10S3/c2-1(12(3,4)5)11-14(9,10)13(6,7)8/h(H,3,4,5)(H,6,7,8). The van der Waals surface area contributed by atoms with E-state index >= 15 is 0 Å². The average Bonchev–Trinajstić information content (AvgIpc) is 1.80. The fraction of sp³-hybridized carbons (Fsp3) is 0. The SMILES string of the molecule is O=C(OS(=O)(=O)S(=O)(=O)O)S(=O)(=O)O. The monoisotopic (exact) mass is 270 g/mol. The van der Waals surface area contributed by atoms with Crippen molar-refractivity contribution in [2.24, 2.45) is 0 Å². The normalized spacial score (nSPS) is 13.6. The van der Waals surface area contributed by atoms with Crippen molar-refractivity contribution < 1.29 is 43.3 Å². The maximum absolute atomic E-state index is 10.3.